The van der Waals surface area contributed by atoms with Crippen LogP contribution in [0.15, 0.2) is 24.3 Å². The van der Waals surface area contributed by atoms with E-state index in [1.807, 2.05) is 0 Å². The van der Waals surface area contributed by atoms with Crippen LogP contribution in [0.2, 0.25) is 0 Å². The zero-order valence-electron chi connectivity index (χ0n) is 13.2. The van der Waals surface area contributed by atoms with Crippen molar-refractivity contribution in [1.29, 1.82) is 0 Å². The molecule has 2 rings (SSSR count). The fourth-order valence-corrected chi connectivity index (χ4v) is 3.31. The molecule has 2 heteroatoms. The minimum atomic E-state index is 0.390. The van der Waals surface area contributed by atoms with E-state index in [2.05, 4.69) is 50.4 Å². The molecule has 0 amide bonds. The van der Waals surface area contributed by atoms with Crippen molar-refractivity contribution in [2.24, 2.45) is 11.8 Å². The molecule has 1 saturated carbocycles. The summed E-state index contributed by atoms with van der Waals surface area (Å²) >= 11 is 0. The Bertz CT molecular complexity index is 394. The number of rotatable bonds is 6. The first-order chi connectivity index (χ1) is 9.69. The van der Waals surface area contributed by atoms with E-state index in [0.29, 0.717) is 6.10 Å². The topological polar surface area (TPSA) is 21.3 Å². The van der Waals surface area contributed by atoms with Gasteiger partial charge in [0.25, 0.3) is 0 Å². The number of hydrogen-bond acceptors (Lipinski definition) is 2. The Morgan fingerprint density at radius 1 is 1.10 bits per heavy atom. The van der Waals surface area contributed by atoms with Crippen LogP contribution in [0, 0.1) is 11.8 Å². The van der Waals surface area contributed by atoms with Crippen LogP contribution in [-0.2, 0) is 6.54 Å². The number of benzene rings is 1. The fraction of sp³-hybridized carbons (Fsp3) is 0.667. The van der Waals surface area contributed by atoms with Gasteiger partial charge in [0.1, 0.15) is 5.75 Å². The summed E-state index contributed by atoms with van der Waals surface area (Å²) < 4.78 is 6.32. The molecule has 1 aliphatic rings. The normalized spacial score (nSPS) is 26.4. The second-order valence-electron chi connectivity index (χ2n) is 6.44. The molecular weight excluding hydrogens is 246 g/mol. The Morgan fingerprint density at radius 2 is 1.80 bits per heavy atom. The maximum absolute atomic E-state index is 6.32. The van der Waals surface area contributed by atoms with E-state index in [9.17, 15) is 0 Å². The minimum absolute atomic E-state index is 0.390. The van der Waals surface area contributed by atoms with Crippen LogP contribution in [0.1, 0.15) is 52.0 Å². The maximum Gasteiger partial charge on any atom is 0.124 e. The first-order valence-corrected chi connectivity index (χ1v) is 8.14. The molecule has 0 aliphatic heterocycles. The van der Waals surface area contributed by atoms with Crippen LogP contribution in [0.4, 0.5) is 0 Å². The van der Waals surface area contributed by atoms with E-state index < -0.39 is 0 Å². The Labute approximate surface area is 123 Å². The van der Waals surface area contributed by atoms with Crippen molar-refractivity contribution in [2.45, 2.75) is 59.1 Å². The summed E-state index contributed by atoms with van der Waals surface area (Å²) in [6.07, 6.45) is 5.30. The molecule has 1 N–H and O–H groups in total. The number of para-hydroxylation sites is 1. The molecule has 2 unspecified atom stereocenters. The summed E-state index contributed by atoms with van der Waals surface area (Å²) in [4.78, 5) is 0. The second-order valence-corrected chi connectivity index (χ2v) is 6.44. The SMILES string of the molecule is CCCNCc1ccccc1OC1CC(C)CC(C)C1. The Hall–Kier alpha value is -1.02. The van der Waals surface area contributed by atoms with Gasteiger partial charge in [0, 0.05) is 12.1 Å². The molecule has 1 aromatic rings. The number of hydrogen-bond donors (Lipinski definition) is 1. The lowest BCUT2D eigenvalue weighted by molar-refractivity contribution is 0.0999. The zero-order valence-corrected chi connectivity index (χ0v) is 13.2. The van der Waals surface area contributed by atoms with E-state index >= 15 is 0 Å². The highest BCUT2D eigenvalue weighted by Gasteiger charge is 2.25. The first kappa shape index (κ1) is 15.4. The van der Waals surface area contributed by atoms with Gasteiger partial charge in [-0.15, -0.1) is 0 Å². The van der Waals surface area contributed by atoms with Gasteiger partial charge in [-0.3, -0.25) is 0 Å². The van der Waals surface area contributed by atoms with Crippen molar-refractivity contribution in [3.05, 3.63) is 29.8 Å². The molecule has 1 aliphatic carbocycles. The quantitative estimate of drug-likeness (QED) is 0.777. The Kier molecular flexibility index (Phi) is 5.90. The van der Waals surface area contributed by atoms with Gasteiger partial charge < -0.3 is 10.1 Å². The average molecular weight is 275 g/mol. The smallest absolute Gasteiger partial charge is 0.124 e. The van der Waals surface area contributed by atoms with Crippen LogP contribution in [-0.4, -0.2) is 12.6 Å². The van der Waals surface area contributed by atoms with Gasteiger partial charge >= 0.3 is 0 Å². The first-order valence-electron chi connectivity index (χ1n) is 8.14. The van der Waals surface area contributed by atoms with Gasteiger partial charge in [-0.2, -0.15) is 0 Å². The third-order valence-corrected chi connectivity index (χ3v) is 4.14. The van der Waals surface area contributed by atoms with Crippen LogP contribution in [0.5, 0.6) is 5.75 Å². The van der Waals surface area contributed by atoms with E-state index in [0.717, 1.165) is 30.7 Å². The molecule has 1 fully saturated rings. The lowest BCUT2D eigenvalue weighted by Gasteiger charge is -2.32. The number of nitrogens with one attached hydrogen (secondary N) is 1. The van der Waals surface area contributed by atoms with Crippen molar-refractivity contribution in [2.75, 3.05) is 6.54 Å². The molecule has 112 valence electrons. The highest BCUT2D eigenvalue weighted by atomic mass is 16.5. The zero-order chi connectivity index (χ0) is 14.4. The van der Waals surface area contributed by atoms with Gasteiger partial charge in [-0.1, -0.05) is 39.0 Å². The monoisotopic (exact) mass is 275 g/mol. The summed E-state index contributed by atoms with van der Waals surface area (Å²) in [7, 11) is 0. The predicted octanol–water partition coefficient (Wildman–Crippen LogP) is 4.39. The minimum Gasteiger partial charge on any atom is -0.490 e. The van der Waals surface area contributed by atoms with Crippen molar-refractivity contribution in [1.82, 2.24) is 5.32 Å². The van der Waals surface area contributed by atoms with Gasteiger partial charge in [0.05, 0.1) is 6.10 Å². The van der Waals surface area contributed by atoms with Crippen LogP contribution >= 0.6 is 0 Å². The Balaban J connectivity index is 1.97. The summed E-state index contributed by atoms with van der Waals surface area (Å²) in [5, 5.41) is 3.47. The second kappa shape index (κ2) is 7.68. The third-order valence-electron chi connectivity index (χ3n) is 4.14. The van der Waals surface area contributed by atoms with Gasteiger partial charge in [0.15, 0.2) is 0 Å². The van der Waals surface area contributed by atoms with Gasteiger partial charge in [-0.25, -0.2) is 0 Å². The van der Waals surface area contributed by atoms with Crippen LogP contribution in [0.25, 0.3) is 0 Å². The van der Waals surface area contributed by atoms with Crippen molar-refractivity contribution in [3.8, 4) is 5.75 Å². The Morgan fingerprint density at radius 3 is 2.50 bits per heavy atom. The molecule has 0 heterocycles. The maximum atomic E-state index is 6.32. The molecular formula is C18H29NO. The molecule has 0 saturated heterocycles. The molecule has 0 bridgehead atoms. The lowest BCUT2D eigenvalue weighted by atomic mass is 9.82. The van der Waals surface area contributed by atoms with Gasteiger partial charge in [-0.05, 0) is 50.1 Å². The van der Waals surface area contributed by atoms with Crippen molar-refractivity contribution >= 4 is 0 Å². The number of ether oxygens (including phenoxy) is 1. The van der Waals surface area contributed by atoms with E-state index in [1.165, 1.54) is 31.2 Å². The molecule has 0 aromatic heterocycles. The highest BCUT2D eigenvalue weighted by molar-refractivity contribution is 5.33. The van der Waals surface area contributed by atoms with Crippen LogP contribution in [0.3, 0.4) is 0 Å². The largest absolute Gasteiger partial charge is 0.490 e. The molecule has 0 radical (unpaired) electrons. The van der Waals surface area contributed by atoms with Crippen molar-refractivity contribution in [3.63, 3.8) is 0 Å². The summed E-state index contributed by atoms with van der Waals surface area (Å²) in [6, 6.07) is 8.47. The van der Waals surface area contributed by atoms with E-state index in [4.69, 9.17) is 4.74 Å². The molecule has 2 nitrogen and oxygen atoms in total. The van der Waals surface area contributed by atoms with E-state index in [1.54, 1.807) is 0 Å². The molecule has 0 spiro atoms. The third kappa shape index (κ3) is 4.52. The molecule has 20 heavy (non-hydrogen) atoms. The highest BCUT2D eigenvalue weighted by Crippen LogP contribution is 2.32. The van der Waals surface area contributed by atoms with Crippen LogP contribution < -0.4 is 10.1 Å². The van der Waals surface area contributed by atoms with Crippen molar-refractivity contribution < 1.29 is 4.74 Å². The molecule has 1 aromatic carbocycles. The summed E-state index contributed by atoms with van der Waals surface area (Å²) in [6.45, 7) is 8.86. The van der Waals surface area contributed by atoms with Gasteiger partial charge in [0.2, 0.25) is 0 Å². The fourth-order valence-electron chi connectivity index (χ4n) is 3.31. The average Bonchev–Trinajstić information content (AvgIpc) is 2.40. The molecule has 2 atom stereocenters. The van der Waals surface area contributed by atoms with E-state index in [-0.39, 0.29) is 0 Å². The predicted molar refractivity (Wildman–Crippen MR) is 85.0 cm³/mol. The standard InChI is InChI=1S/C18H29NO/c1-4-9-19-13-16-7-5-6-8-18(16)20-17-11-14(2)10-15(3)12-17/h5-8,14-15,17,19H,4,9-13H2,1-3H3. The summed E-state index contributed by atoms with van der Waals surface area (Å²) in [5.74, 6) is 2.64. The summed E-state index contributed by atoms with van der Waals surface area (Å²) in [5.41, 5.74) is 1.28. The lowest BCUT2D eigenvalue weighted by Crippen LogP contribution is -2.29.